The molecule has 2 atom stereocenters. The Balaban J connectivity index is 2.66. The van der Waals surface area contributed by atoms with Crippen molar-refractivity contribution in [3.63, 3.8) is 0 Å². The Morgan fingerprint density at radius 2 is 2.43 bits per heavy atom. The molecular weight excluding hydrogens is 176 g/mol. The van der Waals surface area contributed by atoms with Gasteiger partial charge in [0.1, 0.15) is 11.7 Å². The smallest absolute Gasteiger partial charge is 0.111 e. The average molecular weight is 190 g/mol. The van der Waals surface area contributed by atoms with Crippen LogP contribution >= 0.6 is 0 Å². The Morgan fingerprint density at radius 3 is 3.00 bits per heavy atom. The van der Waals surface area contributed by atoms with Gasteiger partial charge < -0.3 is 10.2 Å². The predicted molar refractivity (Wildman–Crippen MR) is 55.2 cm³/mol. The van der Waals surface area contributed by atoms with E-state index in [-0.39, 0.29) is 0 Å². The third kappa shape index (κ3) is 2.39. The molecule has 2 N–H and O–H groups in total. The van der Waals surface area contributed by atoms with Crippen LogP contribution in [0.3, 0.4) is 0 Å². The Kier molecular flexibility index (Phi) is 3.36. The van der Waals surface area contributed by atoms with Gasteiger partial charge in [-0.05, 0) is 19.8 Å². The zero-order chi connectivity index (χ0) is 10.6. The van der Waals surface area contributed by atoms with Crippen molar-refractivity contribution in [3.05, 3.63) is 11.6 Å². The lowest BCUT2D eigenvalue weighted by Crippen LogP contribution is -2.26. The molecule has 0 radical (unpaired) electrons. The summed E-state index contributed by atoms with van der Waals surface area (Å²) in [6.07, 6.45) is 8.20. The Labute approximate surface area is 84.6 Å². The number of aliphatic hydroxyl groups is 2. The van der Waals surface area contributed by atoms with Crippen molar-refractivity contribution in [2.24, 2.45) is 0 Å². The lowest BCUT2D eigenvalue weighted by atomic mass is 9.92. The van der Waals surface area contributed by atoms with E-state index in [1.807, 2.05) is 6.08 Å². The van der Waals surface area contributed by atoms with Crippen molar-refractivity contribution in [3.8, 4) is 24.2 Å². The molecule has 0 amide bonds. The highest BCUT2D eigenvalue weighted by Gasteiger charge is 2.33. The number of hydrogen-bond acceptors (Lipinski definition) is 2. The number of allylic oxidation sites excluding steroid dienone is 1. The summed E-state index contributed by atoms with van der Waals surface area (Å²) in [5, 5.41) is 19.0. The van der Waals surface area contributed by atoms with Crippen LogP contribution < -0.4 is 0 Å². The summed E-state index contributed by atoms with van der Waals surface area (Å²) in [5.74, 6) is 7.81. The van der Waals surface area contributed by atoms with Crippen LogP contribution in [-0.2, 0) is 0 Å². The summed E-state index contributed by atoms with van der Waals surface area (Å²) in [7, 11) is 0. The standard InChI is InChI=1S/C12H14O2/c1-3-11-7-5-9-12(11,14)8-4-6-10(2)13/h1,7,10,13-14H,5,8-9H2,2H3. The van der Waals surface area contributed by atoms with Crippen molar-refractivity contribution in [1.82, 2.24) is 0 Å². The second kappa shape index (κ2) is 4.33. The number of terminal acetylenes is 1. The summed E-state index contributed by atoms with van der Waals surface area (Å²) in [6.45, 7) is 1.59. The van der Waals surface area contributed by atoms with Gasteiger partial charge in [0, 0.05) is 12.0 Å². The van der Waals surface area contributed by atoms with Crippen LogP contribution in [-0.4, -0.2) is 21.9 Å². The van der Waals surface area contributed by atoms with Gasteiger partial charge in [0.15, 0.2) is 0 Å². The second-order valence-corrected chi connectivity index (χ2v) is 3.51. The van der Waals surface area contributed by atoms with Crippen LogP contribution in [0.2, 0.25) is 0 Å². The topological polar surface area (TPSA) is 40.5 Å². The first-order valence-electron chi connectivity index (χ1n) is 4.64. The second-order valence-electron chi connectivity index (χ2n) is 3.51. The maximum atomic E-state index is 10.1. The van der Waals surface area contributed by atoms with Gasteiger partial charge in [-0.25, -0.2) is 0 Å². The molecule has 0 fully saturated rings. The molecule has 0 bridgehead atoms. The first-order chi connectivity index (χ1) is 6.58. The van der Waals surface area contributed by atoms with E-state index in [2.05, 4.69) is 17.8 Å². The molecule has 1 aliphatic carbocycles. The highest BCUT2D eigenvalue weighted by molar-refractivity contribution is 5.39. The van der Waals surface area contributed by atoms with E-state index in [0.29, 0.717) is 18.4 Å². The van der Waals surface area contributed by atoms with E-state index in [9.17, 15) is 5.11 Å². The molecule has 0 heterocycles. The third-order valence-electron chi connectivity index (χ3n) is 2.26. The van der Waals surface area contributed by atoms with Crippen molar-refractivity contribution in [2.75, 3.05) is 0 Å². The molecule has 0 aromatic rings. The van der Waals surface area contributed by atoms with Crippen LogP contribution in [0.4, 0.5) is 0 Å². The minimum Gasteiger partial charge on any atom is -0.383 e. The monoisotopic (exact) mass is 190 g/mol. The molecule has 0 aliphatic heterocycles. The number of aliphatic hydroxyl groups excluding tert-OH is 1. The van der Waals surface area contributed by atoms with Crippen molar-refractivity contribution >= 4 is 0 Å². The minimum atomic E-state index is -0.962. The molecule has 2 unspecified atom stereocenters. The van der Waals surface area contributed by atoms with Crippen LogP contribution in [0.5, 0.6) is 0 Å². The number of hydrogen-bond donors (Lipinski definition) is 2. The van der Waals surface area contributed by atoms with E-state index < -0.39 is 11.7 Å². The fourth-order valence-corrected chi connectivity index (χ4v) is 1.50. The number of rotatable bonds is 1. The highest BCUT2D eigenvalue weighted by Crippen LogP contribution is 2.32. The fraction of sp³-hybridized carbons (Fsp3) is 0.500. The Bertz CT molecular complexity index is 336. The fourth-order valence-electron chi connectivity index (χ4n) is 1.50. The summed E-state index contributed by atoms with van der Waals surface area (Å²) >= 11 is 0. The van der Waals surface area contributed by atoms with Crippen molar-refractivity contribution in [2.45, 2.75) is 37.9 Å². The van der Waals surface area contributed by atoms with Gasteiger partial charge in [-0.2, -0.15) is 0 Å². The summed E-state index contributed by atoms with van der Waals surface area (Å²) in [4.78, 5) is 0. The maximum Gasteiger partial charge on any atom is 0.111 e. The highest BCUT2D eigenvalue weighted by atomic mass is 16.3. The average Bonchev–Trinajstić information content (AvgIpc) is 2.46. The molecule has 14 heavy (non-hydrogen) atoms. The largest absolute Gasteiger partial charge is 0.383 e. The lowest BCUT2D eigenvalue weighted by molar-refractivity contribution is 0.0892. The van der Waals surface area contributed by atoms with E-state index >= 15 is 0 Å². The first kappa shape index (κ1) is 10.9. The van der Waals surface area contributed by atoms with E-state index in [1.165, 1.54) is 0 Å². The van der Waals surface area contributed by atoms with Crippen molar-refractivity contribution < 1.29 is 10.2 Å². The molecule has 74 valence electrons. The molecule has 2 heteroatoms. The summed E-state index contributed by atoms with van der Waals surface area (Å²) in [6, 6.07) is 0. The maximum absolute atomic E-state index is 10.1. The third-order valence-corrected chi connectivity index (χ3v) is 2.26. The molecule has 0 saturated heterocycles. The summed E-state index contributed by atoms with van der Waals surface area (Å²) < 4.78 is 0. The van der Waals surface area contributed by atoms with E-state index in [0.717, 1.165) is 6.42 Å². The van der Waals surface area contributed by atoms with Gasteiger partial charge >= 0.3 is 0 Å². The molecule has 2 nitrogen and oxygen atoms in total. The Morgan fingerprint density at radius 1 is 1.71 bits per heavy atom. The minimum absolute atomic E-state index is 0.300. The SMILES string of the molecule is C#CC1=CCCC1(O)CC#CC(C)O. The van der Waals surface area contributed by atoms with E-state index in [1.54, 1.807) is 6.92 Å². The van der Waals surface area contributed by atoms with Crippen LogP contribution in [0.1, 0.15) is 26.2 Å². The molecule has 0 aromatic carbocycles. The van der Waals surface area contributed by atoms with Gasteiger partial charge in [-0.3, -0.25) is 0 Å². The van der Waals surface area contributed by atoms with Crippen LogP contribution in [0.25, 0.3) is 0 Å². The van der Waals surface area contributed by atoms with Crippen molar-refractivity contribution in [1.29, 1.82) is 0 Å². The Hall–Kier alpha value is -1.22. The van der Waals surface area contributed by atoms with E-state index in [4.69, 9.17) is 11.5 Å². The quantitative estimate of drug-likeness (QED) is 0.602. The van der Waals surface area contributed by atoms with Gasteiger partial charge in [0.2, 0.25) is 0 Å². The van der Waals surface area contributed by atoms with Gasteiger partial charge in [0.25, 0.3) is 0 Å². The van der Waals surface area contributed by atoms with Gasteiger partial charge in [-0.1, -0.05) is 23.8 Å². The molecule has 1 rings (SSSR count). The first-order valence-corrected chi connectivity index (χ1v) is 4.64. The van der Waals surface area contributed by atoms with Crippen LogP contribution in [0, 0.1) is 24.2 Å². The summed E-state index contributed by atoms with van der Waals surface area (Å²) in [5.41, 5.74) is -0.339. The van der Waals surface area contributed by atoms with Crippen LogP contribution in [0.15, 0.2) is 11.6 Å². The molecule has 1 aliphatic rings. The molecular formula is C12H14O2. The lowest BCUT2D eigenvalue weighted by Gasteiger charge is -2.20. The molecule has 0 spiro atoms. The zero-order valence-corrected chi connectivity index (χ0v) is 8.25. The normalized spacial score (nSPS) is 27.1. The van der Waals surface area contributed by atoms with Gasteiger partial charge in [0.05, 0.1) is 0 Å². The molecule has 0 aromatic heterocycles. The predicted octanol–water partition coefficient (Wildman–Crippen LogP) is 0.845. The zero-order valence-electron chi connectivity index (χ0n) is 8.25. The van der Waals surface area contributed by atoms with Gasteiger partial charge in [-0.15, -0.1) is 6.42 Å². The molecule has 0 saturated carbocycles.